The van der Waals surface area contributed by atoms with Gasteiger partial charge in [0, 0.05) is 10.7 Å². The molecule has 0 saturated heterocycles. The molecule has 0 spiro atoms. The Kier molecular flexibility index (Phi) is 4.32. The van der Waals surface area contributed by atoms with Crippen molar-refractivity contribution in [3.05, 3.63) is 28.8 Å². The lowest BCUT2D eigenvalue weighted by atomic mass is 10.1. The zero-order valence-corrected chi connectivity index (χ0v) is 10.5. The van der Waals surface area contributed by atoms with Crippen LogP contribution in [0.2, 0.25) is 5.02 Å². The van der Waals surface area contributed by atoms with Gasteiger partial charge in [-0.3, -0.25) is 0 Å². The molecule has 3 N–H and O–H groups in total. The lowest BCUT2D eigenvalue weighted by molar-refractivity contribution is -0.155. The van der Waals surface area contributed by atoms with Crippen molar-refractivity contribution in [2.75, 3.05) is 11.9 Å². The summed E-state index contributed by atoms with van der Waals surface area (Å²) < 4.78 is 38.2. The van der Waals surface area contributed by atoms with Gasteiger partial charge in [0.2, 0.25) is 0 Å². The second kappa shape index (κ2) is 5.26. The van der Waals surface area contributed by atoms with E-state index in [1.165, 1.54) is 6.07 Å². The topological polar surface area (TPSA) is 69.6 Å². The molecule has 0 bridgehead atoms. The highest BCUT2D eigenvalue weighted by Gasteiger charge is 2.35. The highest BCUT2D eigenvalue weighted by atomic mass is 35.5. The lowest BCUT2D eigenvalue weighted by Gasteiger charge is -2.21. The first-order valence-electron chi connectivity index (χ1n) is 5.10. The Bertz CT molecular complexity index is 489. The number of anilines is 1. The van der Waals surface area contributed by atoms with Gasteiger partial charge in [0.15, 0.2) is 5.60 Å². The molecule has 0 radical (unpaired) electrons. The van der Waals surface area contributed by atoms with Gasteiger partial charge in [-0.05, 0) is 25.1 Å². The third-order valence-corrected chi connectivity index (χ3v) is 2.61. The fourth-order valence-electron chi connectivity index (χ4n) is 1.25. The molecule has 8 heteroatoms. The van der Waals surface area contributed by atoms with Crippen LogP contribution in [0.15, 0.2) is 18.2 Å². The van der Waals surface area contributed by atoms with Crippen LogP contribution in [0.3, 0.4) is 0 Å². The van der Waals surface area contributed by atoms with E-state index in [1.54, 1.807) is 0 Å². The van der Waals surface area contributed by atoms with Crippen LogP contribution in [0.5, 0.6) is 0 Å². The Morgan fingerprint density at radius 2 is 2.00 bits per heavy atom. The minimum atomic E-state index is -4.64. The first-order valence-corrected chi connectivity index (χ1v) is 5.48. The average Bonchev–Trinajstić information content (AvgIpc) is 2.26. The Morgan fingerprint density at radius 1 is 1.42 bits per heavy atom. The van der Waals surface area contributed by atoms with Crippen molar-refractivity contribution in [1.82, 2.24) is 0 Å². The summed E-state index contributed by atoms with van der Waals surface area (Å²) >= 11 is 5.49. The Morgan fingerprint density at radius 3 is 2.47 bits per heavy atom. The van der Waals surface area contributed by atoms with Crippen LogP contribution in [-0.4, -0.2) is 28.3 Å². The third kappa shape index (κ3) is 4.00. The van der Waals surface area contributed by atoms with E-state index < -0.39 is 29.9 Å². The Balaban J connectivity index is 3.00. The first kappa shape index (κ1) is 15.6. The zero-order valence-electron chi connectivity index (χ0n) is 9.75. The predicted octanol–water partition coefficient (Wildman–Crippen LogP) is 2.61. The van der Waals surface area contributed by atoms with Gasteiger partial charge in [0.1, 0.15) is 0 Å². The zero-order chi connectivity index (χ0) is 14.8. The number of hydrogen-bond donors (Lipinski definition) is 3. The fourth-order valence-corrected chi connectivity index (χ4v) is 1.42. The summed E-state index contributed by atoms with van der Waals surface area (Å²) in [5.74, 6) is -1.54. The molecule has 0 aliphatic rings. The van der Waals surface area contributed by atoms with Crippen molar-refractivity contribution in [1.29, 1.82) is 0 Å². The molecule has 0 fully saturated rings. The molecular formula is C11H11ClF3NO3. The van der Waals surface area contributed by atoms with Gasteiger partial charge < -0.3 is 15.5 Å². The maximum atomic E-state index is 12.7. The smallest absolute Gasteiger partial charge is 0.418 e. The average molecular weight is 298 g/mol. The van der Waals surface area contributed by atoms with E-state index in [1.807, 2.05) is 0 Å². The van der Waals surface area contributed by atoms with Crippen LogP contribution in [0.4, 0.5) is 18.9 Å². The summed E-state index contributed by atoms with van der Waals surface area (Å²) in [6.07, 6.45) is -4.64. The summed E-state index contributed by atoms with van der Waals surface area (Å²) in [6.45, 7) is 0.401. The normalized spacial score (nSPS) is 14.8. The van der Waals surface area contributed by atoms with Gasteiger partial charge in [-0.15, -0.1) is 0 Å². The van der Waals surface area contributed by atoms with E-state index in [-0.39, 0.29) is 10.7 Å². The summed E-state index contributed by atoms with van der Waals surface area (Å²) in [6, 6.07) is 3.02. The number of carboxylic acid groups (broad SMARTS) is 1. The maximum absolute atomic E-state index is 12.7. The molecule has 106 valence electrons. The van der Waals surface area contributed by atoms with E-state index in [2.05, 4.69) is 5.32 Å². The van der Waals surface area contributed by atoms with Gasteiger partial charge in [0.25, 0.3) is 0 Å². The van der Waals surface area contributed by atoms with Gasteiger partial charge in [-0.1, -0.05) is 11.6 Å². The largest absolute Gasteiger partial charge is 0.479 e. The minimum absolute atomic E-state index is 0.0946. The highest BCUT2D eigenvalue weighted by molar-refractivity contribution is 6.30. The summed E-state index contributed by atoms with van der Waals surface area (Å²) in [5, 5.41) is 20.3. The number of aliphatic hydroxyl groups is 1. The number of hydrogen-bond acceptors (Lipinski definition) is 3. The van der Waals surface area contributed by atoms with E-state index in [9.17, 15) is 23.1 Å². The highest BCUT2D eigenvalue weighted by Crippen LogP contribution is 2.36. The van der Waals surface area contributed by atoms with Gasteiger partial charge in [-0.2, -0.15) is 13.2 Å². The number of carbonyl (C=O) groups is 1. The standard InChI is InChI=1S/C11H11ClF3NO3/c1-10(19,9(17)18)5-16-8-3-2-6(12)4-7(8)11(13,14)15/h2-4,16,19H,5H2,1H3,(H,17,18). The number of benzene rings is 1. The van der Waals surface area contributed by atoms with Crippen molar-refractivity contribution >= 4 is 23.3 Å². The van der Waals surface area contributed by atoms with Crippen molar-refractivity contribution in [2.24, 2.45) is 0 Å². The molecule has 1 rings (SSSR count). The molecular weight excluding hydrogens is 287 g/mol. The molecule has 1 atom stereocenters. The summed E-state index contributed by atoms with van der Waals surface area (Å²) in [4.78, 5) is 10.6. The van der Waals surface area contributed by atoms with Gasteiger partial charge >= 0.3 is 12.1 Å². The molecule has 1 aromatic rings. The van der Waals surface area contributed by atoms with E-state index in [0.717, 1.165) is 19.1 Å². The quantitative estimate of drug-likeness (QED) is 0.799. The van der Waals surface area contributed by atoms with E-state index in [4.69, 9.17) is 16.7 Å². The molecule has 1 unspecified atom stereocenters. The maximum Gasteiger partial charge on any atom is 0.418 e. The van der Waals surface area contributed by atoms with Crippen molar-refractivity contribution in [3.63, 3.8) is 0 Å². The molecule has 0 saturated carbocycles. The van der Waals surface area contributed by atoms with Crippen LogP contribution in [0, 0.1) is 0 Å². The van der Waals surface area contributed by atoms with Crippen molar-refractivity contribution in [3.8, 4) is 0 Å². The third-order valence-electron chi connectivity index (χ3n) is 2.37. The van der Waals surface area contributed by atoms with Gasteiger partial charge in [0.05, 0.1) is 12.1 Å². The molecule has 0 amide bonds. The number of rotatable bonds is 4. The van der Waals surface area contributed by atoms with E-state index in [0.29, 0.717) is 0 Å². The number of halogens is 4. The number of aliphatic carboxylic acids is 1. The molecule has 19 heavy (non-hydrogen) atoms. The molecule has 0 heterocycles. The molecule has 4 nitrogen and oxygen atoms in total. The van der Waals surface area contributed by atoms with Gasteiger partial charge in [-0.25, -0.2) is 4.79 Å². The minimum Gasteiger partial charge on any atom is -0.479 e. The number of alkyl halides is 3. The summed E-state index contributed by atoms with van der Waals surface area (Å²) in [7, 11) is 0. The van der Waals surface area contributed by atoms with Crippen molar-refractivity contribution in [2.45, 2.75) is 18.7 Å². The lowest BCUT2D eigenvalue weighted by Crippen LogP contribution is -2.42. The Labute approximate surface area is 111 Å². The second-order valence-corrected chi connectivity index (χ2v) is 4.56. The molecule has 0 aliphatic heterocycles. The van der Waals surface area contributed by atoms with Crippen LogP contribution in [-0.2, 0) is 11.0 Å². The van der Waals surface area contributed by atoms with Crippen LogP contribution >= 0.6 is 11.6 Å². The fraction of sp³-hybridized carbons (Fsp3) is 0.364. The van der Waals surface area contributed by atoms with Crippen LogP contribution in [0.1, 0.15) is 12.5 Å². The molecule has 0 aliphatic carbocycles. The van der Waals surface area contributed by atoms with E-state index >= 15 is 0 Å². The van der Waals surface area contributed by atoms with Crippen LogP contribution < -0.4 is 5.32 Å². The second-order valence-electron chi connectivity index (χ2n) is 4.12. The monoisotopic (exact) mass is 297 g/mol. The molecule has 1 aromatic carbocycles. The number of nitrogens with one attached hydrogen (secondary N) is 1. The number of carboxylic acids is 1. The molecule has 0 aromatic heterocycles. The summed E-state index contributed by atoms with van der Waals surface area (Å²) in [5.41, 5.74) is -3.55. The predicted molar refractivity (Wildman–Crippen MR) is 63.2 cm³/mol. The Hall–Kier alpha value is -1.47. The van der Waals surface area contributed by atoms with Crippen LogP contribution in [0.25, 0.3) is 0 Å². The van der Waals surface area contributed by atoms with Crippen molar-refractivity contribution < 1.29 is 28.2 Å². The first-order chi connectivity index (χ1) is 8.54. The SMILES string of the molecule is CC(O)(CNc1ccc(Cl)cc1C(F)(F)F)C(=O)O.